The molecule has 0 unspecified atom stereocenters. The lowest BCUT2D eigenvalue weighted by Gasteiger charge is -2.19. The molecule has 3 N–H and O–H groups in total. The monoisotopic (exact) mass is 498 g/mol. The number of benzene rings is 2. The molecule has 11 heteroatoms. The van der Waals surface area contributed by atoms with Gasteiger partial charge in [-0.25, -0.2) is 4.79 Å². The number of hydrogen-bond donors (Lipinski definition) is 2. The fourth-order valence-electron chi connectivity index (χ4n) is 3.38. The Balaban J connectivity index is 1.75. The smallest absolute Gasteiger partial charge is 0.332 e. The molecule has 1 atom stereocenters. The number of aromatic nitrogens is 2. The molecule has 0 aliphatic rings. The number of carbonyl (C=O) groups excluding carboxylic acids is 3. The molecule has 2 aromatic carbocycles. The number of anilines is 1. The maximum Gasteiger partial charge on any atom is 0.332 e. The second-order valence-electron chi connectivity index (χ2n) is 7.67. The molecule has 1 heterocycles. The topological polar surface area (TPSA) is 142 Å². The summed E-state index contributed by atoms with van der Waals surface area (Å²) in [5, 5.41) is 3.01. The van der Waals surface area contributed by atoms with E-state index >= 15 is 0 Å². The van der Waals surface area contributed by atoms with Gasteiger partial charge in [0.2, 0.25) is 5.78 Å². The van der Waals surface area contributed by atoms with Crippen LogP contribution in [0.2, 0.25) is 5.02 Å². The zero-order valence-corrected chi connectivity index (χ0v) is 19.7. The van der Waals surface area contributed by atoms with Gasteiger partial charge in [0, 0.05) is 14.1 Å². The number of nitrogens with one attached hydrogen (secondary N) is 1. The molecule has 0 saturated heterocycles. The van der Waals surface area contributed by atoms with Crippen LogP contribution in [-0.2, 0) is 23.6 Å². The summed E-state index contributed by atoms with van der Waals surface area (Å²) < 4.78 is 6.77. The molecular formula is C24H23ClN4O6. The number of nitrogen functional groups attached to an aromatic ring is 1. The Kier molecular flexibility index (Phi) is 7.87. The van der Waals surface area contributed by atoms with Gasteiger partial charge in [-0.15, -0.1) is 0 Å². The van der Waals surface area contributed by atoms with Crippen LogP contribution >= 0.6 is 11.6 Å². The van der Waals surface area contributed by atoms with Crippen molar-refractivity contribution < 1.29 is 19.1 Å². The highest BCUT2D eigenvalue weighted by Gasteiger charge is 2.24. The second kappa shape index (κ2) is 10.8. The van der Waals surface area contributed by atoms with Crippen molar-refractivity contribution in [2.24, 2.45) is 14.1 Å². The number of amides is 1. The lowest BCUT2D eigenvalue weighted by molar-refractivity contribution is -0.143. The molecule has 0 aliphatic heterocycles. The van der Waals surface area contributed by atoms with Crippen LogP contribution in [-0.4, -0.2) is 33.4 Å². The predicted molar refractivity (Wildman–Crippen MR) is 129 cm³/mol. The van der Waals surface area contributed by atoms with E-state index in [1.807, 2.05) is 0 Å². The van der Waals surface area contributed by atoms with Gasteiger partial charge in [0.15, 0.2) is 6.61 Å². The highest BCUT2D eigenvalue weighted by molar-refractivity contribution is 6.33. The largest absolute Gasteiger partial charge is 0.457 e. The standard InChI is InChI=1S/C24H23ClN4O6/c1-28-21(26)20(23(33)29(2)24(28)34)18(30)13-35-19(31)12-17(14-8-4-3-5-9-14)27-22(32)15-10-6-7-11-16(15)25/h3-11,17H,12-13,26H2,1-2H3,(H,27,32)/t17-/m1/s1. The number of Topliss-reactive ketones (excluding diaryl/α,β-unsaturated/α-hetero) is 1. The molecule has 10 nitrogen and oxygen atoms in total. The van der Waals surface area contributed by atoms with Crippen molar-refractivity contribution in [3.63, 3.8) is 0 Å². The fraction of sp³-hybridized carbons (Fsp3) is 0.208. The molecule has 0 saturated carbocycles. The first-order valence-electron chi connectivity index (χ1n) is 10.5. The first-order valence-corrected chi connectivity index (χ1v) is 10.8. The molecule has 3 rings (SSSR count). The molecule has 3 aromatic rings. The quantitative estimate of drug-likeness (QED) is 0.355. The number of ether oxygens (including phenoxy) is 1. The van der Waals surface area contributed by atoms with Crippen LogP contribution in [0.25, 0.3) is 0 Å². The molecular weight excluding hydrogens is 476 g/mol. The summed E-state index contributed by atoms with van der Waals surface area (Å²) in [7, 11) is 2.52. The first kappa shape index (κ1) is 25.4. The van der Waals surface area contributed by atoms with E-state index in [2.05, 4.69) is 5.32 Å². The number of halogens is 1. The van der Waals surface area contributed by atoms with Gasteiger partial charge in [-0.05, 0) is 17.7 Å². The van der Waals surface area contributed by atoms with Gasteiger partial charge in [-0.3, -0.25) is 28.3 Å². The van der Waals surface area contributed by atoms with Crippen LogP contribution in [0.15, 0.2) is 64.2 Å². The van der Waals surface area contributed by atoms with Gasteiger partial charge in [-0.1, -0.05) is 54.1 Å². The Morgan fingerprint density at radius 1 is 1.00 bits per heavy atom. The Labute approximate surface area is 204 Å². The molecule has 0 aliphatic carbocycles. The minimum atomic E-state index is -0.888. The van der Waals surface area contributed by atoms with E-state index in [0.717, 1.165) is 9.13 Å². The van der Waals surface area contributed by atoms with Crippen molar-refractivity contribution in [2.45, 2.75) is 12.5 Å². The fourth-order valence-corrected chi connectivity index (χ4v) is 3.61. The van der Waals surface area contributed by atoms with Gasteiger partial charge < -0.3 is 15.8 Å². The first-order chi connectivity index (χ1) is 16.6. The molecule has 35 heavy (non-hydrogen) atoms. The van der Waals surface area contributed by atoms with Crippen molar-refractivity contribution in [2.75, 3.05) is 12.3 Å². The average Bonchev–Trinajstić information content (AvgIpc) is 2.85. The normalized spacial score (nSPS) is 11.5. The molecule has 0 bridgehead atoms. The molecule has 1 aromatic heterocycles. The zero-order valence-electron chi connectivity index (χ0n) is 19.0. The SMILES string of the molecule is Cn1c(N)c(C(=O)COC(=O)C[C@@H](NC(=O)c2ccccc2Cl)c2ccccc2)c(=O)n(C)c1=O. The third-order valence-electron chi connectivity index (χ3n) is 5.35. The van der Waals surface area contributed by atoms with E-state index in [0.29, 0.717) is 5.56 Å². The van der Waals surface area contributed by atoms with Crippen LogP contribution < -0.4 is 22.3 Å². The Bertz CT molecular complexity index is 1400. The number of hydrogen-bond acceptors (Lipinski definition) is 7. The lowest BCUT2D eigenvalue weighted by Crippen LogP contribution is -2.42. The van der Waals surface area contributed by atoms with E-state index in [9.17, 15) is 24.0 Å². The van der Waals surface area contributed by atoms with E-state index in [1.165, 1.54) is 14.1 Å². The summed E-state index contributed by atoms with van der Waals surface area (Å²) in [4.78, 5) is 62.2. The van der Waals surface area contributed by atoms with Crippen molar-refractivity contribution in [1.29, 1.82) is 0 Å². The number of nitrogens with zero attached hydrogens (tertiary/aromatic N) is 2. The van der Waals surface area contributed by atoms with Crippen molar-refractivity contribution in [3.05, 3.63) is 97.1 Å². The van der Waals surface area contributed by atoms with Crippen LogP contribution in [0.5, 0.6) is 0 Å². The minimum Gasteiger partial charge on any atom is -0.457 e. The summed E-state index contributed by atoms with van der Waals surface area (Å²) in [5.41, 5.74) is 4.61. The zero-order chi connectivity index (χ0) is 25.7. The van der Waals surface area contributed by atoms with Crippen molar-refractivity contribution in [3.8, 4) is 0 Å². The number of ketones is 1. The third-order valence-corrected chi connectivity index (χ3v) is 5.68. The molecule has 182 valence electrons. The maximum absolute atomic E-state index is 12.8. The molecule has 0 fully saturated rings. The minimum absolute atomic E-state index is 0.236. The van der Waals surface area contributed by atoms with Crippen LogP contribution in [0, 0.1) is 0 Å². The van der Waals surface area contributed by atoms with E-state index in [4.69, 9.17) is 22.1 Å². The van der Waals surface area contributed by atoms with E-state index in [-0.39, 0.29) is 22.8 Å². The lowest BCUT2D eigenvalue weighted by atomic mass is 10.0. The van der Waals surface area contributed by atoms with Gasteiger partial charge >= 0.3 is 11.7 Å². The van der Waals surface area contributed by atoms with Gasteiger partial charge in [0.1, 0.15) is 11.4 Å². The number of esters is 1. The Morgan fingerprint density at radius 3 is 2.29 bits per heavy atom. The molecule has 1 amide bonds. The van der Waals surface area contributed by atoms with E-state index < -0.39 is 47.1 Å². The summed E-state index contributed by atoms with van der Waals surface area (Å²) >= 11 is 6.11. The predicted octanol–water partition coefficient (Wildman–Crippen LogP) is 1.61. The van der Waals surface area contributed by atoms with Crippen molar-refractivity contribution in [1.82, 2.24) is 14.5 Å². The van der Waals surface area contributed by atoms with Gasteiger partial charge in [0.05, 0.1) is 23.0 Å². The number of carbonyl (C=O) groups is 3. The molecule has 0 spiro atoms. The summed E-state index contributed by atoms with van der Waals surface area (Å²) in [5.74, 6) is -2.47. The van der Waals surface area contributed by atoms with Crippen molar-refractivity contribution >= 4 is 35.1 Å². The third kappa shape index (κ3) is 5.67. The summed E-state index contributed by atoms with van der Waals surface area (Å²) in [6.07, 6.45) is -0.297. The summed E-state index contributed by atoms with van der Waals surface area (Å²) in [6.45, 7) is -0.767. The average molecular weight is 499 g/mol. The number of nitrogens with two attached hydrogens (primary N) is 1. The number of rotatable bonds is 8. The highest BCUT2D eigenvalue weighted by Crippen LogP contribution is 2.21. The second-order valence-corrected chi connectivity index (χ2v) is 8.08. The van der Waals surface area contributed by atoms with Gasteiger partial charge in [0.25, 0.3) is 11.5 Å². The molecule has 0 radical (unpaired) electrons. The van der Waals surface area contributed by atoms with Crippen LogP contribution in [0.4, 0.5) is 5.82 Å². The summed E-state index contributed by atoms with van der Waals surface area (Å²) in [6, 6.07) is 14.4. The van der Waals surface area contributed by atoms with Gasteiger partial charge in [-0.2, -0.15) is 0 Å². The Morgan fingerprint density at radius 2 is 1.63 bits per heavy atom. The Hall–Kier alpha value is -4.18. The highest BCUT2D eigenvalue weighted by atomic mass is 35.5. The van der Waals surface area contributed by atoms with Crippen LogP contribution in [0.3, 0.4) is 0 Å². The van der Waals surface area contributed by atoms with Crippen LogP contribution in [0.1, 0.15) is 38.7 Å². The maximum atomic E-state index is 12.8. The van der Waals surface area contributed by atoms with E-state index in [1.54, 1.807) is 54.6 Å².